The lowest BCUT2D eigenvalue weighted by atomic mass is 9.42. The van der Waals surface area contributed by atoms with Crippen molar-refractivity contribution in [2.24, 2.45) is 52.1 Å². The molecule has 248 valence electrons. The van der Waals surface area contributed by atoms with Crippen LogP contribution in [0.15, 0.2) is 0 Å². The number of fused-ring (bicyclic) bond motifs is 5. The summed E-state index contributed by atoms with van der Waals surface area (Å²) in [6.07, 6.45) is 10.6. The number of rotatable bonds is 6. The highest BCUT2D eigenvalue weighted by atomic mass is 17.4. The first kappa shape index (κ1) is 32.2. The van der Waals surface area contributed by atoms with Gasteiger partial charge in [0.2, 0.25) is 17.5 Å². The molecule has 0 aromatic heterocycles. The van der Waals surface area contributed by atoms with E-state index in [0.717, 1.165) is 51.4 Å². The van der Waals surface area contributed by atoms with Gasteiger partial charge in [0.05, 0.1) is 0 Å². The van der Waals surface area contributed by atoms with Crippen LogP contribution in [0.3, 0.4) is 0 Å². The van der Waals surface area contributed by atoms with Crippen LogP contribution in [0.4, 0.5) is 0 Å². The molecule has 2 N–H and O–H groups in total. The van der Waals surface area contributed by atoms with E-state index in [4.69, 9.17) is 34.8 Å². The quantitative estimate of drug-likeness (QED) is 0.285. The molecule has 0 bridgehead atoms. The maximum atomic E-state index is 12.6. The van der Waals surface area contributed by atoms with Gasteiger partial charge in [-0.25, -0.2) is 0 Å². The molecule has 5 unspecified atom stereocenters. The lowest BCUT2D eigenvalue weighted by molar-refractivity contribution is -0.665. The van der Waals surface area contributed by atoms with Crippen LogP contribution in [-0.4, -0.2) is 41.6 Å². The molecular weight excluding hydrogens is 566 g/mol. The number of hydrogen-bond acceptors (Lipinski definition) is 9. The van der Waals surface area contributed by atoms with Crippen LogP contribution in [0.2, 0.25) is 0 Å². The van der Waals surface area contributed by atoms with Gasteiger partial charge in [0.1, 0.15) is 12.2 Å². The minimum atomic E-state index is -0.993. The third kappa shape index (κ3) is 5.49. The summed E-state index contributed by atoms with van der Waals surface area (Å²) in [6, 6.07) is 0. The van der Waals surface area contributed by atoms with E-state index in [0.29, 0.717) is 38.5 Å². The van der Waals surface area contributed by atoms with Gasteiger partial charge in [-0.05, 0) is 86.4 Å². The second-order valence-electron chi connectivity index (χ2n) is 15.7. The maximum absolute atomic E-state index is 12.6. The number of ether oxygens (including phenoxy) is 2. The second-order valence-corrected chi connectivity index (χ2v) is 15.7. The predicted molar refractivity (Wildman–Crippen MR) is 158 cm³/mol. The van der Waals surface area contributed by atoms with Gasteiger partial charge in [0.25, 0.3) is 0 Å². The minimum absolute atomic E-state index is 0.103. The maximum Gasteiger partial charge on any atom is 0.302 e. The van der Waals surface area contributed by atoms with Crippen molar-refractivity contribution in [3.63, 3.8) is 0 Å². The van der Waals surface area contributed by atoms with Crippen molar-refractivity contribution in [2.75, 3.05) is 0 Å². The summed E-state index contributed by atoms with van der Waals surface area (Å²) in [5.74, 6) is -1.46. The molecule has 6 rings (SSSR count). The molecule has 10 atom stereocenters. The van der Waals surface area contributed by atoms with Crippen LogP contribution in [-0.2, 0) is 43.4 Å². The van der Waals surface area contributed by atoms with Gasteiger partial charge in [-0.3, -0.25) is 14.4 Å². The zero-order valence-electron chi connectivity index (χ0n) is 27.3. The number of amides is 1. The molecule has 6 aliphatic rings. The van der Waals surface area contributed by atoms with E-state index < -0.39 is 11.6 Å². The third-order valence-corrected chi connectivity index (χ3v) is 13.3. The van der Waals surface area contributed by atoms with Crippen molar-refractivity contribution in [3.8, 4) is 0 Å². The molecule has 0 aromatic rings. The normalized spacial score (nSPS) is 42.9. The molecular formula is C34H53NO9. The largest absolute Gasteiger partial charge is 0.462 e. The lowest BCUT2D eigenvalue weighted by Crippen LogP contribution is -2.65. The monoisotopic (exact) mass is 619 g/mol. The number of esters is 2. The van der Waals surface area contributed by atoms with Crippen LogP contribution >= 0.6 is 0 Å². The first-order chi connectivity index (χ1) is 20.8. The Morgan fingerprint density at radius 1 is 0.841 bits per heavy atom. The highest BCUT2D eigenvalue weighted by Crippen LogP contribution is 2.70. The number of carbonyl (C=O) groups excluding carboxylic acids is 3. The van der Waals surface area contributed by atoms with Gasteiger partial charge in [0.15, 0.2) is 0 Å². The highest BCUT2D eigenvalue weighted by Gasteiger charge is 2.69. The van der Waals surface area contributed by atoms with Gasteiger partial charge in [0, 0.05) is 57.3 Å². The molecule has 1 amide bonds. The second kappa shape index (κ2) is 11.8. The Balaban J connectivity index is 1.29. The number of carbonyl (C=O) groups is 3. The summed E-state index contributed by atoms with van der Waals surface area (Å²) in [5.41, 5.74) is 5.12. The first-order valence-electron chi connectivity index (χ1n) is 17.2. The number of primary amides is 1. The highest BCUT2D eigenvalue weighted by molar-refractivity contribution is 5.73. The average molecular weight is 620 g/mol. The average Bonchev–Trinajstić information content (AvgIpc) is 3.33. The van der Waals surface area contributed by atoms with E-state index in [-0.39, 0.29) is 76.4 Å². The molecule has 6 fully saturated rings. The Hall–Kier alpha value is -1.75. The fourth-order valence-corrected chi connectivity index (χ4v) is 11.1. The fourth-order valence-electron chi connectivity index (χ4n) is 11.1. The van der Waals surface area contributed by atoms with Crippen LogP contribution in [0.5, 0.6) is 0 Å². The zero-order chi connectivity index (χ0) is 31.5. The summed E-state index contributed by atoms with van der Waals surface area (Å²) in [5, 5.41) is 0. The fraction of sp³-hybridized carbons (Fsp3) is 0.912. The van der Waals surface area contributed by atoms with Crippen LogP contribution in [0.1, 0.15) is 125 Å². The Morgan fingerprint density at radius 2 is 1.50 bits per heavy atom. The molecule has 0 aromatic carbocycles. The molecule has 44 heavy (non-hydrogen) atoms. The van der Waals surface area contributed by atoms with E-state index in [1.807, 2.05) is 0 Å². The van der Waals surface area contributed by atoms with Crippen molar-refractivity contribution in [2.45, 2.75) is 148 Å². The smallest absolute Gasteiger partial charge is 0.302 e. The van der Waals surface area contributed by atoms with Crippen LogP contribution < -0.4 is 5.73 Å². The van der Waals surface area contributed by atoms with E-state index in [1.165, 1.54) is 13.8 Å². The van der Waals surface area contributed by atoms with Gasteiger partial charge < -0.3 is 15.2 Å². The van der Waals surface area contributed by atoms with Gasteiger partial charge in [-0.1, -0.05) is 27.2 Å². The topological polar surface area (TPSA) is 133 Å². The van der Waals surface area contributed by atoms with Crippen molar-refractivity contribution in [1.82, 2.24) is 0 Å². The molecule has 1 saturated heterocycles. The lowest BCUT2D eigenvalue weighted by Gasteiger charge is -2.65. The molecule has 1 aliphatic heterocycles. The predicted octanol–water partition coefficient (Wildman–Crippen LogP) is 5.90. The number of hydrogen-bond donors (Lipinski definition) is 1. The van der Waals surface area contributed by atoms with Gasteiger partial charge >= 0.3 is 11.9 Å². The van der Waals surface area contributed by atoms with E-state index in [2.05, 4.69) is 20.8 Å². The zero-order valence-corrected chi connectivity index (χ0v) is 27.3. The first-order valence-corrected chi connectivity index (χ1v) is 17.2. The molecule has 0 radical (unpaired) electrons. The molecule has 5 aliphatic carbocycles. The van der Waals surface area contributed by atoms with Crippen LogP contribution in [0.25, 0.3) is 0 Å². The van der Waals surface area contributed by atoms with Crippen molar-refractivity contribution in [3.05, 3.63) is 0 Å². The van der Waals surface area contributed by atoms with Crippen molar-refractivity contribution < 1.29 is 43.4 Å². The molecule has 2 spiro atoms. The Morgan fingerprint density at radius 3 is 2.14 bits per heavy atom. The molecule has 10 heteroatoms. The molecule has 1 heterocycles. The van der Waals surface area contributed by atoms with Gasteiger partial charge in [-0.2, -0.15) is 19.6 Å². The number of nitrogens with two attached hydrogens (primary N) is 1. The Labute approximate surface area is 261 Å². The van der Waals surface area contributed by atoms with E-state index in [1.54, 1.807) is 0 Å². The van der Waals surface area contributed by atoms with E-state index in [9.17, 15) is 14.4 Å². The minimum Gasteiger partial charge on any atom is -0.462 e. The van der Waals surface area contributed by atoms with Crippen molar-refractivity contribution in [1.29, 1.82) is 0 Å². The van der Waals surface area contributed by atoms with Crippen LogP contribution in [0, 0.1) is 46.3 Å². The van der Waals surface area contributed by atoms with E-state index >= 15 is 0 Å². The Bertz CT molecular complexity index is 1110. The summed E-state index contributed by atoms with van der Waals surface area (Å²) in [4.78, 5) is 61.0. The summed E-state index contributed by atoms with van der Waals surface area (Å²) in [6.45, 7) is 9.85. The Kier molecular flexibility index (Phi) is 8.64. The summed E-state index contributed by atoms with van der Waals surface area (Å²) >= 11 is 0. The summed E-state index contributed by atoms with van der Waals surface area (Å²) in [7, 11) is 0. The SMILES string of the molecule is CC(=O)OC1C[C@@H]2CC3(CC[C@]2(C)C2C[C@H](OC(C)=O)[C@@]4(C)C(CC[C@@H]4C(C)CCC(N)=O)C12)OOC1(CCCCC1)OO3. The van der Waals surface area contributed by atoms with Gasteiger partial charge in [-0.15, -0.1) is 0 Å². The third-order valence-electron chi connectivity index (χ3n) is 13.3. The molecule has 5 saturated carbocycles. The molecule has 10 nitrogen and oxygen atoms in total. The standard InChI is InChI=1S/C34H53NO9/c1-20(9-12-29(35)38)24-10-11-25-30-26(18-28(32(24,25)5)40-22(3)37)31(4)15-16-34(19-23(31)17-27(30)39-21(2)36)43-41-33(42-44-34)13-7-6-8-14-33/h20,23-28,30H,6-19H2,1-5H3,(H2,35,38)/t20?,23-,24-,25?,26?,27?,28+,30?,31+,32-/m1/s1. The summed E-state index contributed by atoms with van der Waals surface area (Å²) < 4.78 is 12.5. The van der Waals surface area contributed by atoms with Crippen molar-refractivity contribution >= 4 is 17.8 Å².